The van der Waals surface area contributed by atoms with Crippen LogP contribution in [0.25, 0.3) is 0 Å². The van der Waals surface area contributed by atoms with Gasteiger partial charge in [-0.05, 0) is 35.4 Å². The monoisotopic (exact) mass is 468 g/mol. The smallest absolute Gasteiger partial charge is 0.221 e. The summed E-state index contributed by atoms with van der Waals surface area (Å²) in [5.74, 6) is 1.45. The van der Waals surface area contributed by atoms with Gasteiger partial charge in [0.1, 0.15) is 5.75 Å². The predicted octanol–water partition coefficient (Wildman–Crippen LogP) is 3.14. The molecule has 0 aliphatic rings. The Morgan fingerprint density at radius 3 is 2.23 bits per heavy atom. The number of ether oxygens (including phenoxy) is 1. The van der Waals surface area contributed by atoms with Crippen LogP contribution in [0.2, 0.25) is 0 Å². The lowest BCUT2D eigenvalue weighted by atomic mass is 10.2. The molecule has 0 heterocycles. The standard InChI is InChI=1S/C19H24N4O2.HI/c1-14(24)23-17-8-4-6-15(10-17)12-21-19(20-2)22-13-16-7-5-9-18(11-16)25-3;/h4-11H,12-13H2,1-3H3,(H,23,24)(H2,20,21,22);1H. The third kappa shape index (κ3) is 7.30. The zero-order valence-corrected chi connectivity index (χ0v) is 17.5. The van der Waals surface area contributed by atoms with Crippen molar-refractivity contribution < 1.29 is 9.53 Å². The number of halogens is 1. The Morgan fingerprint density at radius 1 is 1.04 bits per heavy atom. The molecular formula is C19H25IN4O2. The van der Waals surface area contributed by atoms with Crippen LogP contribution in [-0.2, 0) is 17.9 Å². The molecular weight excluding hydrogens is 443 g/mol. The van der Waals surface area contributed by atoms with Gasteiger partial charge in [-0.1, -0.05) is 24.3 Å². The van der Waals surface area contributed by atoms with E-state index in [0.717, 1.165) is 22.6 Å². The van der Waals surface area contributed by atoms with Crippen LogP contribution in [0.1, 0.15) is 18.1 Å². The number of amides is 1. The molecule has 2 rings (SSSR count). The van der Waals surface area contributed by atoms with E-state index in [-0.39, 0.29) is 29.9 Å². The molecule has 7 heteroatoms. The van der Waals surface area contributed by atoms with Gasteiger partial charge in [0.05, 0.1) is 7.11 Å². The topological polar surface area (TPSA) is 74.8 Å². The lowest BCUT2D eigenvalue weighted by molar-refractivity contribution is -0.114. The fourth-order valence-corrected chi connectivity index (χ4v) is 2.34. The summed E-state index contributed by atoms with van der Waals surface area (Å²) in [6, 6.07) is 15.6. The van der Waals surface area contributed by atoms with Gasteiger partial charge in [-0.25, -0.2) is 0 Å². The number of hydrogen-bond donors (Lipinski definition) is 3. The van der Waals surface area contributed by atoms with Crippen LogP contribution < -0.4 is 20.7 Å². The zero-order valence-electron chi connectivity index (χ0n) is 15.2. The number of carbonyl (C=O) groups excluding carboxylic acids is 1. The first-order chi connectivity index (χ1) is 12.1. The molecule has 2 aromatic rings. The molecule has 0 radical (unpaired) electrons. The number of nitrogens with zero attached hydrogens (tertiary/aromatic N) is 1. The summed E-state index contributed by atoms with van der Waals surface area (Å²) in [5, 5.41) is 9.31. The maximum atomic E-state index is 11.1. The van der Waals surface area contributed by atoms with E-state index < -0.39 is 0 Å². The van der Waals surface area contributed by atoms with E-state index in [2.05, 4.69) is 20.9 Å². The molecule has 0 aromatic heterocycles. The van der Waals surface area contributed by atoms with Gasteiger partial charge >= 0.3 is 0 Å². The Bertz CT molecular complexity index is 750. The molecule has 140 valence electrons. The Labute approximate surface area is 171 Å². The number of aliphatic imine (C=N–C) groups is 1. The summed E-state index contributed by atoms with van der Waals surface area (Å²) in [7, 11) is 3.39. The third-order valence-electron chi connectivity index (χ3n) is 3.53. The van der Waals surface area contributed by atoms with Crippen molar-refractivity contribution in [2.75, 3.05) is 19.5 Å². The predicted molar refractivity (Wildman–Crippen MR) is 116 cm³/mol. The molecule has 6 nitrogen and oxygen atoms in total. The van der Waals surface area contributed by atoms with E-state index in [1.54, 1.807) is 14.2 Å². The van der Waals surface area contributed by atoms with Gasteiger partial charge in [0.25, 0.3) is 0 Å². The normalized spacial score (nSPS) is 10.5. The molecule has 0 fully saturated rings. The van der Waals surface area contributed by atoms with E-state index in [9.17, 15) is 4.79 Å². The zero-order chi connectivity index (χ0) is 18.1. The highest BCUT2D eigenvalue weighted by Gasteiger charge is 2.02. The highest BCUT2D eigenvalue weighted by Crippen LogP contribution is 2.12. The van der Waals surface area contributed by atoms with Crippen LogP contribution in [0.3, 0.4) is 0 Å². The first kappa shape index (κ1) is 21.8. The summed E-state index contributed by atoms with van der Waals surface area (Å²) >= 11 is 0. The number of hydrogen-bond acceptors (Lipinski definition) is 3. The van der Waals surface area contributed by atoms with Gasteiger partial charge in [-0.15, -0.1) is 24.0 Å². The van der Waals surface area contributed by atoms with Crippen molar-refractivity contribution in [3.05, 3.63) is 59.7 Å². The molecule has 0 atom stereocenters. The highest BCUT2D eigenvalue weighted by atomic mass is 127. The Kier molecular flexibility index (Phi) is 9.50. The number of guanidine groups is 1. The van der Waals surface area contributed by atoms with E-state index in [0.29, 0.717) is 19.0 Å². The second-order valence-electron chi connectivity index (χ2n) is 5.51. The van der Waals surface area contributed by atoms with Crippen LogP contribution in [0.15, 0.2) is 53.5 Å². The molecule has 0 aliphatic heterocycles. The number of benzene rings is 2. The molecule has 0 saturated heterocycles. The SMILES string of the molecule is CN=C(NCc1cccc(NC(C)=O)c1)NCc1cccc(OC)c1.I. The first-order valence-electron chi connectivity index (χ1n) is 8.04. The Hall–Kier alpha value is -2.29. The quantitative estimate of drug-likeness (QED) is 0.346. The van der Waals surface area contributed by atoms with Crippen LogP contribution in [0, 0.1) is 0 Å². The lowest BCUT2D eigenvalue weighted by Gasteiger charge is -2.13. The number of carbonyl (C=O) groups is 1. The summed E-state index contributed by atoms with van der Waals surface area (Å²) in [4.78, 5) is 15.4. The largest absolute Gasteiger partial charge is 0.497 e. The van der Waals surface area contributed by atoms with E-state index in [4.69, 9.17) is 4.74 Å². The molecule has 1 amide bonds. The molecule has 26 heavy (non-hydrogen) atoms. The fraction of sp³-hybridized carbons (Fsp3) is 0.263. The van der Waals surface area contributed by atoms with Crippen LogP contribution in [0.5, 0.6) is 5.75 Å². The van der Waals surface area contributed by atoms with Gasteiger partial charge < -0.3 is 20.7 Å². The van der Waals surface area contributed by atoms with Gasteiger partial charge in [0.2, 0.25) is 5.91 Å². The van der Waals surface area contributed by atoms with Crippen molar-refractivity contribution >= 4 is 41.5 Å². The maximum absolute atomic E-state index is 11.1. The van der Waals surface area contributed by atoms with Crippen LogP contribution in [0.4, 0.5) is 5.69 Å². The molecule has 0 bridgehead atoms. The molecule has 0 aliphatic carbocycles. The molecule has 0 saturated carbocycles. The lowest BCUT2D eigenvalue weighted by Crippen LogP contribution is -2.36. The van der Waals surface area contributed by atoms with Gasteiger partial charge in [-0.2, -0.15) is 0 Å². The van der Waals surface area contributed by atoms with Crippen molar-refractivity contribution in [3.63, 3.8) is 0 Å². The summed E-state index contributed by atoms with van der Waals surface area (Å²) in [5.41, 5.74) is 2.94. The molecule has 0 unspecified atom stereocenters. The number of anilines is 1. The summed E-state index contributed by atoms with van der Waals surface area (Å²) in [6.45, 7) is 2.74. The highest BCUT2D eigenvalue weighted by molar-refractivity contribution is 14.0. The van der Waals surface area contributed by atoms with Crippen molar-refractivity contribution in [1.82, 2.24) is 10.6 Å². The Balaban J connectivity index is 0.00000338. The maximum Gasteiger partial charge on any atom is 0.221 e. The Morgan fingerprint density at radius 2 is 1.65 bits per heavy atom. The minimum atomic E-state index is -0.0825. The van der Waals surface area contributed by atoms with Crippen LogP contribution >= 0.6 is 24.0 Å². The van der Waals surface area contributed by atoms with Crippen molar-refractivity contribution in [2.45, 2.75) is 20.0 Å². The molecule has 3 N–H and O–H groups in total. The van der Waals surface area contributed by atoms with E-state index in [1.807, 2.05) is 48.5 Å². The van der Waals surface area contributed by atoms with Crippen molar-refractivity contribution in [1.29, 1.82) is 0 Å². The average Bonchev–Trinajstić information content (AvgIpc) is 2.62. The first-order valence-corrected chi connectivity index (χ1v) is 8.04. The van der Waals surface area contributed by atoms with Gasteiger partial charge in [-0.3, -0.25) is 9.79 Å². The second kappa shape index (κ2) is 11.3. The van der Waals surface area contributed by atoms with Crippen LogP contribution in [-0.4, -0.2) is 26.0 Å². The minimum absolute atomic E-state index is 0. The average molecular weight is 468 g/mol. The molecule has 0 spiro atoms. The second-order valence-corrected chi connectivity index (χ2v) is 5.51. The van der Waals surface area contributed by atoms with E-state index >= 15 is 0 Å². The summed E-state index contributed by atoms with van der Waals surface area (Å²) < 4.78 is 5.23. The summed E-state index contributed by atoms with van der Waals surface area (Å²) in [6.07, 6.45) is 0. The minimum Gasteiger partial charge on any atom is -0.497 e. The number of nitrogens with one attached hydrogen (secondary N) is 3. The number of methoxy groups -OCH3 is 1. The third-order valence-corrected chi connectivity index (χ3v) is 3.53. The number of rotatable bonds is 6. The van der Waals surface area contributed by atoms with Crippen molar-refractivity contribution in [3.8, 4) is 5.75 Å². The van der Waals surface area contributed by atoms with Gasteiger partial charge in [0, 0.05) is 32.7 Å². The van der Waals surface area contributed by atoms with Gasteiger partial charge in [0.15, 0.2) is 5.96 Å². The van der Waals surface area contributed by atoms with E-state index in [1.165, 1.54) is 6.92 Å². The fourth-order valence-electron chi connectivity index (χ4n) is 2.34. The molecule has 2 aromatic carbocycles. The van der Waals surface area contributed by atoms with Crippen molar-refractivity contribution in [2.24, 2.45) is 4.99 Å².